The first-order valence-corrected chi connectivity index (χ1v) is 10.2. The first-order chi connectivity index (χ1) is 13.1. The van der Waals surface area contributed by atoms with Crippen LogP contribution in [0, 0.1) is 10.8 Å². The molecule has 2 aliphatic rings. The first-order valence-electron chi connectivity index (χ1n) is 10.2. The van der Waals surface area contributed by atoms with Gasteiger partial charge in [-0.05, 0) is 42.1 Å². The summed E-state index contributed by atoms with van der Waals surface area (Å²) < 4.78 is 0. The van der Waals surface area contributed by atoms with Crippen molar-refractivity contribution in [2.24, 2.45) is 10.8 Å². The second-order valence-electron chi connectivity index (χ2n) is 8.91. The number of hydrogen-bond donors (Lipinski definition) is 0. The molecular formula is C26H36O2. The molecule has 0 unspecified atom stereocenters. The van der Waals surface area contributed by atoms with Crippen LogP contribution in [0.5, 0.6) is 0 Å². The molecule has 0 radical (unpaired) electrons. The number of hydrogen-bond acceptors (Lipinski definition) is 2. The predicted molar refractivity (Wildman–Crippen MR) is 120 cm³/mol. The van der Waals surface area contributed by atoms with Gasteiger partial charge in [0.2, 0.25) is 0 Å². The Kier molecular flexibility index (Phi) is 9.31. The Morgan fingerprint density at radius 1 is 1.00 bits per heavy atom. The van der Waals surface area contributed by atoms with Gasteiger partial charge < -0.3 is 0 Å². The number of rotatable bonds is 8. The molecule has 0 aromatic heterocycles. The van der Waals surface area contributed by atoms with Crippen LogP contribution in [-0.2, 0) is 9.59 Å². The minimum absolute atomic E-state index is 0.133. The van der Waals surface area contributed by atoms with Crippen molar-refractivity contribution in [1.29, 1.82) is 0 Å². The van der Waals surface area contributed by atoms with Gasteiger partial charge in [-0.15, -0.1) is 13.2 Å². The molecule has 0 aromatic carbocycles. The van der Waals surface area contributed by atoms with Crippen LogP contribution >= 0.6 is 0 Å². The van der Waals surface area contributed by atoms with Gasteiger partial charge in [-0.25, -0.2) is 0 Å². The normalized spacial score (nSPS) is 18.9. The van der Waals surface area contributed by atoms with E-state index in [0.717, 1.165) is 36.8 Å². The summed E-state index contributed by atoms with van der Waals surface area (Å²) in [6, 6.07) is 0. The fraction of sp³-hybridized carbons (Fsp3) is 0.462. The van der Waals surface area contributed by atoms with Gasteiger partial charge in [-0.1, -0.05) is 76.3 Å². The number of allylic oxidation sites excluding steroid dienone is 10. The summed E-state index contributed by atoms with van der Waals surface area (Å²) in [5.41, 5.74) is 2.09. The summed E-state index contributed by atoms with van der Waals surface area (Å²) >= 11 is 0. The molecule has 0 fully saturated rings. The maximum atomic E-state index is 11.7. The summed E-state index contributed by atoms with van der Waals surface area (Å²) in [6.45, 7) is 15.8. The lowest BCUT2D eigenvalue weighted by Crippen LogP contribution is -2.16. The lowest BCUT2D eigenvalue weighted by atomic mass is 9.80. The van der Waals surface area contributed by atoms with Crippen LogP contribution in [0.2, 0.25) is 0 Å². The first kappa shape index (κ1) is 23.8. The van der Waals surface area contributed by atoms with Crippen LogP contribution < -0.4 is 0 Å². The van der Waals surface area contributed by atoms with E-state index in [2.05, 4.69) is 59.1 Å². The second-order valence-corrected chi connectivity index (χ2v) is 8.91. The van der Waals surface area contributed by atoms with Crippen LogP contribution in [-0.4, -0.2) is 11.6 Å². The van der Waals surface area contributed by atoms with Gasteiger partial charge in [0.1, 0.15) is 0 Å². The molecule has 0 N–H and O–H groups in total. The van der Waals surface area contributed by atoms with Crippen LogP contribution in [0.15, 0.2) is 72.9 Å². The van der Waals surface area contributed by atoms with E-state index < -0.39 is 0 Å². The highest BCUT2D eigenvalue weighted by atomic mass is 16.1. The Labute approximate surface area is 171 Å². The highest BCUT2D eigenvalue weighted by Gasteiger charge is 2.22. The quantitative estimate of drug-likeness (QED) is 0.431. The molecule has 0 saturated carbocycles. The molecule has 0 atom stereocenters. The number of carbonyl (C=O) groups is 2. The Morgan fingerprint density at radius 3 is 2.14 bits per heavy atom. The highest BCUT2D eigenvalue weighted by Crippen LogP contribution is 2.31. The summed E-state index contributed by atoms with van der Waals surface area (Å²) in [5.74, 6) is 0.497. The van der Waals surface area contributed by atoms with E-state index >= 15 is 0 Å². The van der Waals surface area contributed by atoms with E-state index in [0.29, 0.717) is 12.8 Å². The molecule has 0 aromatic rings. The third-order valence-corrected chi connectivity index (χ3v) is 4.81. The van der Waals surface area contributed by atoms with Gasteiger partial charge in [0.15, 0.2) is 11.6 Å². The van der Waals surface area contributed by atoms with Crippen molar-refractivity contribution in [1.82, 2.24) is 0 Å². The zero-order valence-electron chi connectivity index (χ0n) is 18.1. The van der Waals surface area contributed by atoms with Crippen LogP contribution in [0.4, 0.5) is 0 Å². The summed E-state index contributed by atoms with van der Waals surface area (Å²) in [7, 11) is 0. The molecule has 2 heteroatoms. The largest absolute Gasteiger partial charge is 0.295 e. The Morgan fingerprint density at radius 2 is 1.61 bits per heavy atom. The predicted octanol–water partition coefficient (Wildman–Crippen LogP) is 6.87. The van der Waals surface area contributed by atoms with Gasteiger partial charge >= 0.3 is 0 Å². The number of carbonyl (C=O) groups excluding carboxylic acids is 2. The third kappa shape index (κ3) is 8.65. The molecule has 0 saturated heterocycles. The smallest absolute Gasteiger partial charge is 0.162 e. The molecule has 0 spiro atoms. The maximum Gasteiger partial charge on any atom is 0.162 e. The summed E-state index contributed by atoms with van der Waals surface area (Å²) in [4.78, 5) is 23.4. The summed E-state index contributed by atoms with van der Waals surface area (Å²) in [6.07, 6.45) is 20.4. The molecule has 28 heavy (non-hydrogen) atoms. The molecule has 152 valence electrons. The Hall–Kier alpha value is -2.22. The van der Waals surface area contributed by atoms with Gasteiger partial charge in [-0.2, -0.15) is 0 Å². The van der Waals surface area contributed by atoms with E-state index in [-0.39, 0.29) is 22.4 Å². The van der Waals surface area contributed by atoms with Crippen LogP contribution in [0.1, 0.15) is 66.2 Å². The molecule has 0 aliphatic heterocycles. The SMILES string of the molecule is C=CCCC(=O)C1=CC(C)(C)CC=C1.C=CCCC(=O)C1=CC=CC(C)(C)C1. The lowest BCUT2D eigenvalue weighted by Gasteiger charge is -2.24. The molecule has 0 bridgehead atoms. The standard InChI is InChI=1S/2C13H18O/c2*1-4-5-8-12(14)11-7-6-9-13(2,3)10-11/h4,6-7,10H,1,5,8-9H2,2-3H3;4,6-7,9H,1,5,8,10H2,2-3H3. The molecule has 0 amide bonds. The van der Waals surface area contributed by atoms with Crippen molar-refractivity contribution in [3.63, 3.8) is 0 Å². The molecule has 0 heterocycles. The van der Waals surface area contributed by atoms with E-state index in [1.165, 1.54) is 0 Å². The van der Waals surface area contributed by atoms with Crippen LogP contribution in [0.3, 0.4) is 0 Å². The van der Waals surface area contributed by atoms with Crippen molar-refractivity contribution in [2.45, 2.75) is 66.2 Å². The van der Waals surface area contributed by atoms with Crippen molar-refractivity contribution in [3.05, 3.63) is 72.9 Å². The van der Waals surface area contributed by atoms with Gasteiger partial charge in [0.25, 0.3) is 0 Å². The number of ketones is 2. The van der Waals surface area contributed by atoms with Gasteiger partial charge in [0, 0.05) is 18.4 Å². The van der Waals surface area contributed by atoms with Gasteiger partial charge in [0.05, 0.1) is 0 Å². The van der Waals surface area contributed by atoms with Crippen LogP contribution in [0.25, 0.3) is 0 Å². The van der Waals surface area contributed by atoms with E-state index in [9.17, 15) is 9.59 Å². The third-order valence-electron chi connectivity index (χ3n) is 4.81. The van der Waals surface area contributed by atoms with Crippen molar-refractivity contribution in [3.8, 4) is 0 Å². The fourth-order valence-corrected chi connectivity index (χ4v) is 3.19. The highest BCUT2D eigenvalue weighted by molar-refractivity contribution is 5.98. The summed E-state index contributed by atoms with van der Waals surface area (Å²) in [5, 5.41) is 0. The average Bonchev–Trinajstić information content (AvgIpc) is 2.63. The number of Topliss-reactive ketones (excluding diaryl/α,β-unsaturated/α-hetero) is 2. The Balaban J connectivity index is 0.000000280. The maximum absolute atomic E-state index is 11.7. The van der Waals surface area contributed by atoms with Crippen molar-refractivity contribution >= 4 is 11.6 Å². The average molecular weight is 381 g/mol. The van der Waals surface area contributed by atoms with E-state index in [1.54, 1.807) is 12.2 Å². The zero-order valence-corrected chi connectivity index (χ0v) is 18.1. The minimum atomic E-state index is 0.133. The van der Waals surface area contributed by atoms with E-state index in [1.807, 2.05) is 18.2 Å². The minimum Gasteiger partial charge on any atom is -0.295 e. The van der Waals surface area contributed by atoms with Gasteiger partial charge in [-0.3, -0.25) is 9.59 Å². The van der Waals surface area contributed by atoms with Crippen molar-refractivity contribution < 1.29 is 9.59 Å². The lowest BCUT2D eigenvalue weighted by molar-refractivity contribution is -0.116. The molecule has 2 rings (SSSR count). The molecular weight excluding hydrogens is 344 g/mol. The fourth-order valence-electron chi connectivity index (χ4n) is 3.19. The molecule has 2 nitrogen and oxygen atoms in total. The molecule has 2 aliphatic carbocycles. The Bertz CT molecular complexity index is 709. The van der Waals surface area contributed by atoms with Crippen molar-refractivity contribution in [2.75, 3.05) is 0 Å². The monoisotopic (exact) mass is 380 g/mol. The zero-order chi connectivity index (χ0) is 21.2. The van der Waals surface area contributed by atoms with E-state index in [4.69, 9.17) is 0 Å². The topological polar surface area (TPSA) is 34.1 Å². The second kappa shape index (κ2) is 10.9.